The van der Waals surface area contributed by atoms with Gasteiger partial charge in [0.15, 0.2) is 0 Å². The van der Waals surface area contributed by atoms with Crippen LogP contribution in [0.2, 0.25) is 5.02 Å². The molecule has 2 N–H and O–H groups in total. The molecule has 0 fully saturated rings. The molecule has 138 valence electrons. The SMILES string of the molecule is COc1cccc(CCNC(=O)c2cc(Nc3ccccc3Cl)ncn2)c1. The van der Waals surface area contributed by atoms with Crippen molar-refractivity contribution in [1.29, 1.82) is 0 Å². The minimum Gasteiger partial charge on any atom is -0.497 e. The first kappa shape index (κ1) is 18.7. The minimum absolute atomic E-state index is 0.262. The highest BCUT2D eigenvalue weighted by atomic mass is 35.5. The van der Waals surface area contributed by atoms with Crippen LogP contribution in [-0.2, 0) is 6.42 Å². The summed E-state index contributed by atoms with van der Waals surface area (Å²) < 4.78 is 5.20. The second kappa shape index (κ2) is 9.00. The molecular formula is C20H19ClN4O2. The summed E-state index contributed by atoms with van der Waals surface area (Å²) in [6, 6.07) is 16.6. The highest BCUT2D eigenvalue weighted by molar-refractivity contribution is 6.33. The van der Waals surface area contributed by atoms with Gasteiger partial charge in [0.1, 0.15) is 23.6 Å². The average molecular weight is 383 g/mol. The van der Waals surface area contributed by atoms with Gasteiger partial charge in [-0.3, -0.25) is 4.79 Å². The number of anilines is 2. The van der Waals surface area contributed by atoms with Crippen molar-refractivity contribution in [3.8, 4) is 5.75 Å². The quantitative estimate of drug-likeness (QED) is 0.649. The van der Waals surface area contributed by atoms with Crippen LogP contribution in [-0.4, -0.2) is 29.5 Å². The van der Waals surface area contributed by atoms with Gasteiger partial charge in [0.2, 0.25) is 0 Å². The van der Waals surface area contributed by atoms with Crippen molar-refractivity contribution < 1.29 is 9.53 Å². The molecule has 6 nitrogen and oxygen atoms in total. The summed E-state index contributed by atoms with van der Waals surface area (Å²) in [5.74, 6) is 1.03. The summed E-state index contributed by atoms with van der Waals surface area (Å²) in [4.78, 5) is 20.5. The van der Waals surface area contributed by atoms with E-state index in [4.69, 9.17) is 16.3 Å². The molecule has 1 amide bonds. The number of rotatable bonds is 7. The van der Waals surface area contributed by atoms with Crippen LogP contribution in [0.3, 0.4) is 0 Å². The zero-order valence-corrected chi connectivity index (χ0v) is 15.5. The molecule has 1 aromatic heterocycles. The highest BCUT2D eigenvalue weighted by Gasteiger charge is 2.09. The number of amides is 1. The number of hydrogen-bond acceptors (Lipinski definition) is 5. The molecule has 0 spiro atoms. The van der Waals surface area contributed by atoms with Crippen molar-refractivity contribution in [1.82, 2.24) is 15.3 Å². The Morgan fingerprint density at radius 1 is 1.11 bits per heavy atom. The molecule has 0 saturated carbocycles. The Morgan fingerprint density at radius 3 is 2.78 bits per heavy atom. The average Bonchev–Trinajstić information content (AvgIpc) is 2.70. The van der Waals surface area contributed by atoms with E-state index in [1.165, 1.54) is 6.33 Å². The smallest absolute Gasteiger partial charge is 0.270 e. The maximum Gasteiger partial charge on any atom is 0.270 e. The molecule has 0 aliphatic carbocycles. The Labute approximate surface area is 162 Å². The van der Waals surface area contributed by atoms with Gasteiger partial charge in [-0.2, -0.15) is 0 Å². The van der Waals surface area contributed by atoms with Crippen LogP contribution < -0.4 is 15.4 Å². The van der Waals surface area contributed by atoms with E-state index in [0.717, 1.165) is 11.3 Å². The molecule has 0 aliphatic rings. The number of carbonyl (C=O) groups is 1. The zero-order valence-electron chi connectivity index (χ0n) is 14.8. The number of carbonyl (C=O) groups excluding carboxylic acids is 1. The number of methoxy groups -OCH3 is 1. The molecule has 0 unspecified atom stereocenters. The van der Waals surface area contributed by atoms with Crippen molar-refractivity contribution >= 4 is 29.0 Å². The van der Waals surface area contributed by atoms with Crippen LogP contribution in [0, 0.1) is 0 Å². The summed E-state index contributed by atoms with van der Waals surface area (Å²) in [7, 11) is 1.63. The Morgan fingerprint density at radius 2 is 1.96 bits per heavy atom. The summed E-state index contributed by atoms with van der Waals surface area (Å²) in [6.07, 6.45) is 2.04. The molecule has 27 heavy (non-hydrogen) atoms. The lowest BCUT2D eigenvalue weighted by Crippen LogP contribution is -2.26. The molecule has 0 radical (unpaired) electrons. The number of para-hydroxylation sites is 1. The van der Waals surface area contributed by atoms with Crippen molar-refractivity contribution in [3.05, 3.63) is 77.2 Å². The standard InChI is InChI=1S/C20H19ClN4O2/c1-27-15-6-4-5-14(11-15)9-10-22-20(26)18-12-19(24-13-23-18)25-17-8-3-2-7-16(17)21/h2-8,11-13H,9-10H2,1H3,(H,22,26)(H,23,24,25). The van der Waals surface area contributed by atoms with Crippen molar-refractivity contribution in [3.63, 3.8) is 0 Å². The Balaban J connectivity index is 1.59. The second-order valence-electron chi connectivity index (χ2n) is 5.75. The molecule has 1 heterocycles. The molecular weight excluding hydrogens is 364 g/mol. The third-order valence-corrected chi connectivity index (χ3v) is 4.20. The van der Waals surface area contributed by atoms with Crippen LogP contribution >= 0.6 is 11.6 Å². The van der Waals surface area contributed by atoms with E-state index >= 15 is 0 Å². The fourth-order valence-electron chi connectivity index (χ4n) is 2.49. The Kier molecular flexibility index (Phi) is 6.22. The Hall–Kier alpha value is -3.12. The van der Waals surface area contributed by atoms with Gasteiger partial charge >= 0.3 is 0 Å². The molecule has 3 aromatic rings. The van der Waals surface area contributed by atoms with E-state index in [1.807, 2.05) is 42.5 Å². The van der Waals surface area contributed by atoms with Gasteiger partial charge in [0.25, 0.3) is 5.91 Å². The van der Waals surface area contributed by atoms with Crippen LogP contribution in [0.15, 0.2) is 60.9 Å². The van der Waals surface area contributed by atoms with Gasteiger partial charge in [-0.05, 0) is 36.2 Å². The van der Waals surface area contributed by atoms with E-state index in [-0.39, 0.29) is 11.6 Å². The van der Waals surface area contributed by atoms with Crippen molar-refractivity contribution in [2.75, 3.05) is 19.0 Å². The lowest BCUT2D eigenvalue weighted by atomic mass is 10.1. The number of benzene rings is 2. The van der Waals surface area contributed by atoms with E-state index in [2.05, 4.69) is 20.6 Å². The highest BCUT2D eigenvalue weighted by Crippen LogP contribution is 2.23. The molecule has 0 saturated heterocycles. The summed E-state index contributed by atoms with van der Waals surface area (Å²) in [5.41, 5.74) is 2.07. The molecule has 3 rings (SSSR count). The molecule has 7 heteroatoms. The maximum atomic E-state index is 12.3. The number of nitrogens with zero attached hydrogens (tertiary/aromatic N) is 2. The van der Waals surface area contributed by atoms with Crippen molar-refractivity contribution in [2.45, 2.75) is 6.42 Å². The van der Waals surface area contributed by atoms with E-state index < -0.39 is 0 Å². The number of hydrogen-bond donors (Lipinski definition) is 2. The third kappa shape index (κ3) is 5.18. The fourth-order valence-corrected chi connectivity index (χ4v) is 2.67. The van der Waals surface area contributed by atoms with Gasteiger partial charge in [0, 0.05) is 12.6 Å². The van der Waals surface area contributed by atoms with Gasteiger partial charge in [0.05, 0.1) is 17.8 Å². The Bertz CT molecular complexity index is 933. The zero-order chi connectivity index (χ0) is 19.1. The number of nitrogens with one attached hydrogen (secondary N) is 2. The number of aromatic nitrogens is 2. The predicted molar refractivity (Wildman–Crippen MR) is 106 cm³/mol. The minimum atomic E-state index is -0.262. The fraction of sp³-hybridized carbons (Fsp3) is 0.150. The molecule has 0 atom stereocenters. The van der Waals surface area contributed by atoms with E-state index in [9.17, 15) is 4.79 Å². The second-order valence-corrected chi connectivity index (χ2v) is 6.16. The first-order valence-corrected chi connectivity index (χ1v) is 8.78. The maximum absolute atomic E-state index is 12.3. The monoisotopic (exact) mass is 382 g/mol. The van der Waals surface area contributed by atoms with Crippen LogP contribution in [0.25, 0.3) is 0 Å². The summed E-state index contributed by atoms with van der Waals surface area (Å²) in [5, 5.41) is 6.52. The summed E-state index contributed by atoms with van der Waals surface area (Å²) in [6.45, 7) is 0.489. The number of ether oxygens (including phenoxy) is 1. The van der Waals surface area contributed by atoms with Gasteiger partial charge < -0.3 is 15.4 Å². The molecule has 0 bridgehead atoms. The van der Waals surface area contributed by atoms with Crippen LogP contribution in [0.4, 0.5) is 11.5 Å². The normalized spacial score (nSPS) is 10.3. The van der Waals surface area contributed by atoms with Crippen LogP contribution in [0.5, 0.6) is 5.75 Å². The van der Waals surface area contributed by atoms with Crippen LogP contribution in [0.1, 0.15) is 16.1 Å². The predicted octanol–water partition coefficient (Wildman–Crippen LogP) is 3.85. The first-order chi connectivity index (χ1) is 13.2. The van der Waals surface area contributed by atoms with Gasteiger partial charge in [-0.15, -0.1) is 0 Å². The molecule has 2 aromatic carbocycles. The van der Waals surface area contributed by atoms with E-state index in [1.54, 1.807) is 19.2 Å². The third-order valence-electron chi connectivity index (χ3n) is 3.87. The summed E-state index contributed by atoms with van der Waals surface area (Å²) >= 11 is 6.13. The number of halogens is 1. The van der Waals surface area contributed by atoms with E-state index in [0.29, 0.717) is 29.5 Å². The first-order valence-electron chi connectivity index (χ1n) is 8.40. The van der Waals surface area contributed by atoms with Crippen molar-refractivity contribution in [2.24, 2.45) is 0 Å². The largest absolute Gasteiger partial charge is 0.497 e. The molecule has 0 aliphatic heterocycles. The van der Waals surface area contributed by atoms with Gasteiger partial charge in [-0.1, -0.05) is 35.9 Å². The lowest BCUT2D eigenvalue weighted by Gasteiger charge is -2.09. The topological polar surface area (TPSA) is 76.1 Å². The lowest BCUT2D eigenvalue weighted by molar-refractivity contribution is 0.0949. The van der Waals surface area contributed by atoms with Gasteiger partial charge in [-0.25, -0.2) is 9.97 Å².